The predicted molar refractivity (Wildman–Crippen MR) is 151 cm³/mol. The fraction of sp³-hybridized carbons (Fsp3) is 0.387. The number of oxime groups is 1. The van der Waals surface area contributed by atoms with Crippen molar-refractivity contribution in [1.82, 2.24) is 10.2 Å². The van der Waals surface area contributed by atoms with E-state index < -0.39 is 17.6 Å². The van der Waals surface area contributed by atoms with Crippen LogP contribution in [0.5, 0.6) is 0 Å². The highest BCUT2D eigenvalue weighted by Gasteiger charge is 2.56. The maximum atomic E-state index is 15.0. The highest BCUT2D eigenvalue weighted by molar-refractivity contribution is 6.43. The lowest BCUT2D eigenvalue weighted by atomic mass is 9.64. The smallest absolute Gasteiger partial charge is 0.162 e. The summed E-state index contributed by atoms with van der Waals surface area (Å²) < 4.78 is 29.2. The van der Waals surface area contributed by atoms with Gasteiger partial charge in [-0.05, 0) is 85.8 Å². The molecule has 0 radical (unpaired) electrons. The van der Waals surface area contributed by atoms with E-state index in [4.69, 9.17) is 5.41 Å². The minimum absolute atomic E-state index is 0.139. The Morgan fingerprint density at radius 1 is 1.15 bits per heavy atom. The maximum Gasteiger partial charge on any atom is 0.162 e. The number of fused-ring (bicyclic) bond motifs is 1. The average molecular weight is 532 g/mol. The molecule has 2 atom stereocenters. The van der Waals surface area contributed by atoms with Crippen molar-refractivity contribution in [2.24, 2.45) is 22.4 Å². The first-order valence-electron chi connectivity index (χ1n) is 13.4. The van der Waals surface area contributed by atoms with Crippen molar-refractivity contribution in [3.63, 3.8) is 0 Å². The summed E-state index contributed by atoms with van der Waals surface area (Å²) >= 11 is 0. The Labute approximate surface area is 227 Å². The fourth-order valence-corrected chi connectivity index (χ4v) is 6.33. The molecule has 1 aromatic heterocycles. The summed E-state index contributed by atoms with van der Waals surface area (Å²) in [5, 5.41) is 33.3. The van der Waals surface area contributed by atoms with Gasteiger partial charge in [0.05, 0.1) is 17.3 Å². The van der Waals surface area contributed by atoms with Gasteiger partial charge in [-0.1, -0.05) is 43.8 Å². The van der Waals surface area contributed by atoms with E-state index in [1.54, 1.807) is 6.07 Å². The van der Waals surface area contributed by atoms with Crippen LogP contribution in [0, 0.1) is 48.1 Å². The lowest BCUT2D eigenvalue weighted by molar-refractivity contribution is 0.292. The van der Waals surface area contributed by atoms with Crippen LogP contribution in [0.25, 0.3) is 11.1 Å². The highest BCUT2D eigenvalue weighted by atomic mass is 19.2. The first-order valence-corrected chi connectivity index (χ1v) is 13.4. The van der Waals surface area contributed by atoms with Crippen LogP contribution in [0.3, 0.4) is 0 Å². The number of hydrogen-bond acceptors (Lipinski definition) is 5. The molecule has 6 nitrogen and oxygen atoms in total. The summed E-state index contributed by atoms with van der Waals surface area (Å²) in [7, 11) is 0. The molecule has 0 amide bonds. The number of allylic oxidation sites excluding steroid dienone is 1. The molecular formula is C31H35F2N5O. The summed E-state index contributed by atoms with van der Waals surface area (Å²) in [6.07, 6.45) is 3.04. The molecule has 8 heteroatoms. The van der Waals surface area contributed by atoms with Crippen LogP contribution in [0.1, 0.15) is 61.5 Å². The monoisotopic (exact) mass is 531 g/mol. The molecule has 4 N–H and O–H groups in total. The van der Waals surface area contributed by atoms with Gasteiger partial charge in [-0.3, -0.25) is 5.10 Å². The second-order valence-electron chi connectivity index (χ2n) is 11.3. The molecule has 2 aliphatic rings. The largest absolute Gasteiger partial charge is 0.411 e. The molecular weight excluding hydrogens is 496 g/mol. The molecule has 204 valence electrons. The van der Waals surface area contributed by atoms with Crippen molar-refractivity contribution < 1.29 is 14.0 Å². The number of halogens is 2. The molecule has 2 aromatic carbocycles. The number of benzene rings is 2. The molecule has 1 fully saturated rings. The van der Waals surface area contributed by atoms with Gasteiger partial charge in [0.1, 0.15) is 5.71 Å². The first-order chi connectivity index (χ1) is 18.6. The van der Waals surface area contributed by atoms with Crippen LogP contribution in [0.2, 0.25) is 0 Å². The van der Waals surface area contributed by atoms with E-state index in [9.17, 15) is 14.0 Å². The lowest BCUT2D eigenvalue weighted by Gasteiger charge is -2.41. The third-order valence-electron chi connectivity index (χ3n) is 8.56. The highest BCUT2D eigenvalue weighted by Crippen LogP contribution is 2.65. The van der Waals surface area contributed by atoms with Gasteiger partial charge in [0.2, 0.25) is 0 Å². The average Bonchev–Trinajstić information content (AvgIpc) is 3.60. The first kappa shape index (κ1) is 26.8. The normalized spacial score (nSPS) is 18.6. The molecule has 0 aliphatic heterocycles. The number of nitrogens with zero attached hydrogens (tertiary/aromatic N) is 2. The number of hydrogen-bond donors (Lipinski definition) is 4. The maximum absolute atomic E-state index is 15.0. The molecule has 2 unspecified atom stereocenters. The predicted octanol–water partition coefficient (Wildman–Crippen LogP) is 7.53. The van der Waals surface area contributed by atoms with Crippen molar-refractivity contribution in [3.8, 4) is 11.1 Å². The molecule has 3 aromatic rings. The quantitative estimate of drug-likeness (QED) is 0.137. The van der Waals surface area contributed by atoms with Crippen molar-refractivity contribution in [3.05, 3.63) is 82.8 Å². The van der Waals surface area contributed by atoms with Gasteiger partial charge in [-0.25, -0.2) is 8.78 Å². The van der Waals surface area contributed by atoms with E-state index in [1.165, 1.54) is 6.07 Å². The SMILES string of the molecule is C=C(Nc1ccc(-c2c(C)n[nH]c2C)cc1)C(/C(=N/O)C(=N)C(C)C)C1c2ccc(F)c(F)c2CCC12CC2. The van der Waals surface area contributed by atoms with Gasteiger partial charge in [0.15, 0.2) is 11.6 Å². The molecule has 2 aliphatic carbocycles. The zero-order chi connectivity index (χ0) is 28.1. The van der Waals surface area contributed by atoms with E-state index in [-0.39, 0.29) is 28.7 Å². The molecule has 1 heterocycles. The number of aromatic amines is 1. The Balaban J connectivity index is 1.55. The third-order valence-corrected chi connectivity index (χ3v) is 8.56. The van der Waals surface area contributed by atoms with Gasteiger partial charge in [-0.2, -0.15) is 5.10 Å². The van der Waals surface area contributed by atoms with E-state index in [1.807, 2.05) is 52.0 Å². The van der Waals surface area contributed by atoms with Gasteiger partial charge in [0, 0.05) is 28.6 Å². The summed E-state index contributed by atoms with van der Waals surface area (Å²) in [5.74, 6) is -2.80. The molecule has 0 bridgehead atoms. The van der Waals surface area contributed by atoms with Gasteiger partial charge in [-0.15, -0.1) is 0 Å². The van der Waals surface area contributed by atoms with Crippen LogP contribution < -0.4 is 5.32 Å². The van der Waals surface area contributed by atoms with E-state index in [2.05, 4.69) is 27.2 Å². The number of anilines is 1. The van der Waals surface area contributed by atoms with Crippen LogP contribution in [0.15, 0.2) is 53.8 Å². The molecule has 1 saturated carbocycles. The van der Waals surface area contributed by atoms with Crippen molar-refractivity contribution in [1.29, 1.82) is 5.41 Å². The molecule has 39 heavy (non-hydrogen) atoms. The summed E-state index contributed by atoms with van der Waals surface area (Å²) in [4.78, 5) is 0. The number of rotatable bonds is 8. The Kier molecular flexibility index (Phi) is 6.91. The minimum atomic E-state index is -0.859. The second-order valence-corrected chi connectivity index (χ2v) is 11.3. The number of aromatic nitrogens is 2. The van der Waals surface area contributed by atoms with E-state index in [0.717, 1.165) is 41.0 Å². The van der Waals surface area contributed by atoms with Crippen molar-refractivity contribution >= 4 is 17.1 Å². The van der Waals surface area contributed by atoms with Crippen LogP contribution >= 0.6 is 0 Å². The Bertz CT molecular complexity index is 1450. The molecule has 1 spiro atoms. The summed E-state index contributed by atoms with van der Waals surface area (Å²) in [6.45, 7) is 12.0. The third kappa shape index (κ3) is 4.66. The van der Waals surface area contributed by atoms with Crippen molar-refractivity contribution in [2.45, 2.75) is 59.3 Å². The number of aryl methyl sites for hydroxylation is 2. The minimum Gasteiger partial charge on any atom is -0.411 e. The van der Waals surface area contributed by atoms with Crippen LogP contribution in [-0.2, 0) is 6.42 Å². The zero-order valence-corrected chi connectivity index (χ0v) is 22.8. The lowest BCUT2D eigenvalue weighted by Crippen LogP contribution is -2.40. The molecule has 5 rings (SSSR count). The summed E-state index contributed by atoms with van der Waals surface area (Å²) in [6, 6.07) is 10.7. The molecule has 0 saturated heterocycles. The second kappa shape index (κ2) is 10.1. The zero-order valence-electron chi connectivity index (χ0n) is 22.8. The summed E-state index contributed by atoms with van der Waals surface area (Å²) in [5.41, 5.74) is 6.67. The van der Waals surface area contributed by atoms with Gasteiger partial charge < -0.3 is 15.9 Å². The van der Waals surface area contributed by atoms with Gasteiger partial charge >= 0.3 is 0 Å². The van der Waals surface area contributed by atoms with Gasteiger partial charge in [0.25, 0.3) is 0 Å². The van der Waals surface area contributed by atoms with Crippen LogP contribution in [0.4, 0.5) is 14.5 Å². The van der Waals surface area contributed by atoms with Crippen molar-refractivity contribution in [2.75, 3.05) is 5.32 Å². The van der Waals surface area contributed by atoms with Crippen LogP contribution in [-0.4, -0.2) is 26.8 Å². The standard InChI is InChI=1S/C31H35F2N5O/c1-16(2)29(34)30(38-39)26(27-22-10-11-24(32)28(33)23(22)12-13-31(27)14-15-31)17(3)35-21-8-6-20(7-9-21)25-18(4)36-37-19(25)5/h6-11,16,26-27,34-35,39H,3,12-15H2,1-2,4-5H3,(H,36,37)/b34-29?,38-30-. The number of nitrogens with one attached hydrogen (secondary N) is 3. The number of H-pyrrole nitrogens is 1. The Morgan fingerprint density at radius 2 is 1.85 bits per heavy atom. The topological polar surface area (TPSA) is 97.2 Å². The fourth-order valence-electron chi connectivity index (χ4n) is 6.33. The Morgan fingerprint density at radius 3 is 2.41 bits per heavy atom. The van der Waals surface area contributed by atoms with E-state index in [0.29, 0.717) is 29.7 Å². The van der Waals surface area contributed by atoms with E-state index >= 15 is 0 Å². The Hall–Kier alpha value is -3.81.